The quantitative estimate of drug-likeness (QED) is 0.508. The molecule has 0 atom stereocenters. The molecule has 2 heteroatoms. The van der Waals surface area contributed by atoms with Crippen LogP contribution in [0, 0.1) is 0 Å². The van der Waals surface area contributed by atoms with Crippen molar-refractivity contribution in [2.75, 3.05) is 13.1 Å². The van der Waals surface area contributed by atoms with Crippen molar-refractivity contribution in [3.05, 3.63) is 12.3 Å². The standard InChI is InChI=1S/C5H10N2/c1-2-7-5-3-4-6-7/h3,5-6H,2,4H2,1H3. The highest BCUT2D eigenvalue weighted by molar-refractivity contribution is 4.88. The average Bonchev–Trinajstić information content (AvgIpc) is 2.14. The number of rotatable bonds is 1. The first kappa shape index (κ1) is 4.65. The van der Waals surface area contributed by atoms with Crippen LogP contribution in [-0.4, -0.2) is 18.1 Å². The van der Waals surface area contributed by atoms with Crippen molar-refractivity contribution in [3.8, 4) is 0 Å². The third-order valence-corrected chi connectivity index (χ3v) is 1.04. The van der Waals surface area contributed by atoms with E-state index in [-0.39, 0.29) is 0 Å². The van der Waals surface area contributed by atoms with Crippen LogP contribution in [0.2, 0.25) is 0 Å². The minimum absolute atomic E-state index is 0.994. The smallest absolute Gasteiger partial charge is 0.0348 e. The van der Waals surface area contributed by atoms with Gasteiger partial charge in [0.15, 0.2) is 0 Å². The molecular formula is C5H10N2. The molecule has 2 nitrogen and oxygen atoms in total. The molecule has 1 aliphatic heterocycles. The van der Waals surface area contributed by atoms with E-state index in [0.717, 1.165) is 13.1 Å². The number of hydrazine groups is 1. The second-order valence-corrected chi connectivity index (χ2v) is 1.53. The molecule has 0 unspecified atom stereocenters. The fourth-order valence-corrected chi connectivity index (χ4v) is 0.620. The molecule has 1 aliphatic rings. The monoisotopic (exact) mass is 98.1 g/mol. The van der Waals surface area contributed by atoms with Gasteiger partial charge >= 0.3 is 0 Å². The largest absolute Gasteiger partial charge is 0.316 e. The lowest BCUT2D eigenvalue weighted by Crippen LogP contribution is -2.27. The molecule has 0 aromatic carbocycles. The second-order valence-electron chi connectivity index (χ2n) is 1.53. The maximum Gasteiger partial charge on any atom is 0.0348 e. The van der Waals surface area contributed by atoms with Crippen LogP contribution >= 0.6 is 0 Å². The normalized spacial score (nSPS) is 18.7. The highest BCUT2D eigenvalue weighted by atomic mass is 15.5. The van der Waals surface area contributed by atoms with Crippen LogP contribution in [0.15, 0.2) is 12.3 Å². The van der Waals surface area contributed by atoms with E-state index in [4.69, 9.17) is 0 Å². The van der Waals surface area contributed by atoms with Crippen LogP contribution in [-0.2, 0) is 0 Å². The third kappa shape index (κ3) is 0.933. The summed E-state index contributed by atoms with van der Waals surface area (Å²) in [5.41, 5.74) is 3.13. The second kappa shape index (κ2) is 1.98. The summed E-state index contributed by atoms with van der Waals surface area (Å²) < 4.78 is 0. The van der Waals surface area contributed by atoms with Gasteiger partial charge < -0.3 is 5.01 Å². The molecule has 0 radical (unpaired) electrons. The molecule has 1 heterocycles. The Morgan fingerprint density at radius 2 is 2.71 bits per heavy atom. The molecule has 0 saturated heterocycles. The minimum Gasteiger partial charge on any atom is -0.316 e. The lowest BCUT2D eigenvalue weighted by Gasteiger charge is -2.10. The van der Waals surface area contributed by atoms with Gasteiger partial charge in [0, 0.05) is 19.3 Å². The van der Waals surface area contributed by atoms with E-state index in [1.807, 2.05) is 0 Å². The van der Waals surface area contributed by atoms with Crippen molar-refractivity contribution >= 4 is 0 Å². The molecule has 0 aromatic rings. The van der Waals surface area contributed by atoms with Crippen LogP contribution in [0.5, 0.6) is 0 Å². The van der Waals surface area contributed by atoms with Crippen LogP contribution in [0.3, 0.4) is 0 Å². The van der Waals surface area contributed by atoms with Gasteiger partial charge in [0.25, 0.3) is 0 Å². The molecule has 7 heavy (non-hydrogen) atoms. The van der Waals surface area contributed by atoms with Gasteiger partial charge in [-0.1, -0.05) is 6.08 Å². The third-order valence-electron chi connectivity index (χ3n) is 1.04. The maximum atomic E-state index is 3.13. The Labute approximate surface area is 43.8 Å². The molecule has 0 saturated carbocycles. The number of hydrogen-bond donors (Lipinski definition) is 1. The molecule has 0 spiro atoms. The van der Waals surface area contributed by atoms with Crippen molar-refractivity contribution in [3.63, 3.8) is 0 Å². The van der Waals surface area contributed by atoms with E-state index in [1.165, 1.54) is 0 Å². The fraction of sp³-hybridized carbons (Fsp3) is 0.600. The summed E-state index contributed by atoms with van der Waals surface area (Å²) >= 11 is 0. The Kier molecular flexibility index (Phi) is 1.32. The molecular weight excluding hydrogens is 88.1 g/mol. The SMILES string of the molecule is CCN1C=CCN1. The molecule has 0 fully saturated rings. The molecule has 1 rings (SSSR count). The zero-order valence-electron chi connectivity index (χ0n) is 4.52. The predicted octanol–water partition coefficient (Wildman–Crippen LogP) is 0.340. The Morgan fingerprint density at radius 1 is 1.86 bits per heavy atom. The first-order chi connectivity index (χ1) is 3.43. The van der Waals surface area contributed by atoms with Crippen molar-refractivity contribution in [2.24, 2.45) is 0 Å². The zero-order valence-corrected chi connectivity index (χ0v) is 4.52. The highest BCUT2D eigenvalue weighted by Gasteiger charge is 1.95. The molecule has 40 valence electrons. The fourth-order valence-electron chi connectivity index (χ4n) is 0.620. The summed E-state index contributed by atoms with van der Waals surface area (Å²) in [5, 5.41) is 2.06. The van der Waals surface area contributed by atoms with E-state index in [9.17, 15) is 0 Å². The van der Waals surface area contributed by atoms with Crippen LogP contribution in [0.4, 0.5) is 0 Å². The zero-order chi connectivity index (χ0) is 5.11. The Balaban J connectivity index is 2.28. The van der Waals surface area contributed by atoms with Gasteiger partial charge in [-0.05, 0) is 6.92 Å². The number of nitrogens with zero attached hydrogens (tertiary/aromatic N) is 1. The molecule has 0 amide bonds. The molecule has 0 aromatic heterocycles. The first-order valence-corrected chi connectivity index (χ1v) is 2.60. The van der Waals surface area contributed by atoms with E-state index in [2.05, 4.69) is 29.6 Å². The topological polar surface area (TPSA) is 15.3 Å². The van der Waals surface area contributed by atoms with Crippen molar-refractivity contribution in [1.82, 2.24) is 10.4 Å². The van der Waals surface area contributed by atoms with E-state index in [1.54, 1.807) is 0 Å². The predicted molar refractivity (Wildman–Crippen MR) is 29.5 cm³/mol. The van der Waals surface area contributed by atoms with E-state index < -0.39 is 0 Å². The van der Waals surface area contributed by atoms with Gasteiger partial charge in [-0.2, -0.15) is 0 Å². The Hall–Kier alpha value is -0.500. The lowest BCUT2D eigenvalue weighted by atomic mass is 10.6. The van der Waals surface area contributed by atoms with Crippen molar-refractivity contribution in [1.29, 1.82) is 0 Å². The highest BCUT2D eigenvalue weighted by Crippen LogP contribution is 1.88. The number of nitrogens with one attached hydrogen (secondary N) is 1. The summed E-state index contributed by atoms with van der Waals surface area (Å²) in [6.45, 7) is 4.16. The van der Waals surface area contributed by atoms with Gasteiger partial charge in [-0.3, -0.25) is 0 Å². The molecule has 1 N–H and O–H groups in total. The van der Waals surface area contributed by atoms with Crippen molar-refractivity contribution in [2.45, 2.75) is 6.92 Å². The first-order valence-electron chi connectivity index (χ1n) is 2.60. The van der Waals surface area contributed by atoms with Crippen LogP contribution in [0.1, 0.15) is 6.92 Å². The van der Waals surface area contributed by atoms with Gasteiger partial charge in [-0.15, -0.1) is 0 Å². The minimum atomic E-state index is 0.994. The van der Waals surface area contributed by atoms with Gasteiger partial charge in [0.2, 0.25) is 0 Å². The maximum absolute atomic E-state index is 3.13. The van der Waals surface area contributed by atoms with E-state index in [0.29, 0.717) is 0 Å². The summed E-state index contributed by atoms with van der Waals surface area (Å²) in [7, 11) is 0. The summed E-state index contributed by atoms with van der Waals surface area (Å²) in [6, 6.07) is 0. The van der Waals surface area contributed by atoms with Crippen LogP contribution < -0.4 is 5.43 Å². The summed E-state index contributed by atoms with van der Waals surface area (Å²) in [4.78, 5) is 0. The van der Waals surface area contributed by atoms with Gasteiger partial charge in [0.05, 0.1) is 0 Å². The van der Waals surface area contributed by atoms with Gasteiger partial charge in [-0.25, -0.2) is 5.43 Å². The average molecular weight is 98.1 g/mol. The van der Waals surface area contributed by atoms with Crippen molar-refractivity contribution < 1.29 is 0 Å². The summed E-state index contributed by atoms with van der Waals surface area (Å²) in [5.74, 6) is 0. The summed E-state index contributed by atoms with van der Waals surface area (Å²) in [6.07, 6.45) is 4.16. The molecule has 0 bridgehead atoms. The van der Waals surface area contributed by atoms with Gasteiger partial charge in [0.1, 0.15) is 0 Å². The molecule has 0 aliphatic carbocycles. The Morgan fingerprint density at radius 3 is 3.00 bits per heavy atom. The van der Waals surface area contributed by atoms with E-state index >= 15 is 0 Å². The lowest BCUT2D eigenvalue weighted by molar-refractivity contribution is 0.323. The Bertz CT molecular complexity index is 78.1. The number of hydrogen-bond acceptors (Lipinski definition) is 2. The van der Waals surface area contributed by atoms with Crippen LogP contribution in [0.25, 0.3) is 0 Å².